The molecular formula is C18H19BrO2. The van der Waals surface area contributed by atoms with Gasteiger partial charge in [-0.25, -0.2) is 0 Å². The van der Waals surface area contributed by atoms with Crippen molar-refractivity contribution in [3.05, 3.63) is 62.6 Å². The van der Waals surface area contributed by atoms with Crippen molar-refractivity contribution in [2.75, 3.05) is 6.61 Å². The van der Waals surface area contributed by atoms with Gasteiger partial charge in [0.25, 0.3) is 0 Å². The lowest BCUT2D eigenvalue weighted by Crippen LogP contribution is -2.15. The number of ether oxygens (including phenoxy) is 1. The Kier molecular flexibility index (Phi) is 4.84. The minimum Gasteiger partial charge on any atom is -0.485 e. The van der Waals surface area contributed by atoms with E-state index in [1.165, 1.54) is 5.56 Å². The Bertz CT molecular complexity index is 667. The maximum absolute atomic E-state index is 12.4. The number of aryl methyl sites for hydroxylation is 4. The number of halogens is 1. The molecule has 2 nitrogen and oxygen atoms in total. The van der Waals surface area contributed by atoms with Crippen LogP contribution in [0.4, 0.5) is 0 Å². The van der Waals surface area contributed by atoms with Crippen LogP contribution in [-0.2, 0) is 0 Å². The zero-order valence-electron chi connectivity index (χ0n) is 12.8. The normalized spacial score (nSPS) is 10.5. The third kappa shape index (κ3) is 3.73. The summed E-state index contributed by atoms with van der Waals surface area (Å²) in [7, 11) is 0. The van der Waals surface area contributed by atoms with Crippen molar-refractivity contribution >= 4 is 21.7 Å². The summed E-state index contributed by atoms with van der Waals surface area (Å²) in [6.45, 7) is 8.01. The third-order valence-electron chi connectivity index (χ3n) is 3.45. The summed E-state index contributed by atoms with van der Waals surface area (Å²) in [5, 5.41) is 0. The van der Waals surface area contributed by atoms with Crippen LogP contribution in [0.15, 0.2) is 34.8 Å². The van der Waals surface area contributed by atoms with E-state index in [-0.39, 0.29) is 12.4 Å². The Labute approximate surface area is 134 Å². The minimum absolute atomic E-state index is 0.0207. The first kappa shape index (κ1) is 15.8. The number of rotatable bonds is 4. The van der Waals surface area contributed by atoms with Gasteiger partial charge in [0.1, 0.15) is 5.75 Å². The lowest BCUT2D eigenvalue weighted by atomic mass is 9.97. The zero-order chi connectivity index (χ0) is 15.6. The standard InChI is InChI=1S/C18H19BrO2/c1-11-7-13(3)18(14(4)8-11)16(20)10-21-17-6-5-15(19)9-12(17)2/h5-9H,10H2,1-4H3. The Morgan fingerprint density at radius 3 is 2.19 bits per heavy atom. The molecule has 110 valence electrons. The van der Waals surface area contributed by atoms with E-state index >= 15 is 0 Å². The van der Waals surface area contributed by atoms with Gasteiger partial charge < -0.3 is 4.74 Å². The molecule has 0 amide bonds. The molecule has 0 saturated carbocycles. The van der Waals surface area contributed by atoms with Crippen LogP contribution in [-0.4, -0.2) is 12.4 Å². The molecule has 0 fully saturated rings. The van der Waals surface area contributed by atoms with E-state index in [1.807, 2.05) is 58.0 Å². The van der Waals surface area contributed by atoms with Crippen LogP contribution in [0.5, 0.6) is 5.75 Å². The summed E-state index contributed by atoms with van der Waals surface area (Å²) < 4.78 is 6.68. The third-order valence-corrected chi connectivity index (χ3v) is 3.94. The molecule has 0 saturated heterocycles. The maximum Gasteiger partial charge on any atom is 0.200 e. The second-order valence-electron chi connectivity index (χ2n) is 5.40. The molecule has 0 aliphatic carbocycles. The summed E-state index contributed by atoms with van der Waals surface area (Å²) in [6, 6.07) is 9.83. The van der Waals surface area contributed by atoms with Crippen molar-refractivity contribution in [1.29, 1.82) is 0 Å². The molecule has 2 rings (SSSR count). The van der Waals surface area contributed by atoms with E-state index in [1.54, 1.807) is 0 Å². The molecule has 0 spiro atoms. The van der Waals surface area contributed by atoms with Gasteiger partial charge in [0, 0.05) is 10.0 Å². The van der Waals surface area contributed by atoms with Crippen molar-refractivity contribution in [3.63, 3.8) is 0 Å². The number of hydrogen-bond acceptors (Lipinski definition) is 2. The Morgan fingerprint density at radius 2 is 1.62 bits per heavy atom. The van der Waals surface area contributed by atoms with Gasteiger partial charge in [-0.15, -0.1) is 0 Å². The molecule has 0 unspecified atom stereocenters. The highest BCUT2D eigenvalue weighted by molar-refractivity contribution is 9.10. The van der Waals surface area contributed by atoms with Gasteiger partial charge in [0.05, 0.1) is 0 Å². The van der Waals surface area contributed by atoms with Crippen molar-refractivity contribution in [2.45, 2.75) is 27.7 Å². The van der Waals surface area contributed by atoms with Crippen molar-refractivity contribution in [1.82, 2.24) is 0 Å². The molecule has 2 aromatic carbocycles. The average Bonchev–Trinajstić information content (AvgIpc) is 2.36. The summed E-state index contributed by atoms with van der Waals surface area (Å²) >= 11 is 3.42. The van der Waals surface area contributed by atoms with E-state index in [0.29, 0.717) is 0 Å². The fourth-order valence-corrected chi connectivity index (χ4v) is 3.09. The first-order valence-electron chi connectivity index (χ1n) is 6.88. The summed E-state index contributed by atoms with van der Waals surface area (Å²) in [5.74, 6) is 0.765. The SMILES string of the molecule is Cc1cc(C)c(C(=O)COc2ccc(Br)cc2C)c(C)c1. The van der Waals surface area contributed by atoms with E-state index in [9.17, 15) is 4.79 Å². The van der Waals surface area contributed by atoms with Gasteiger partial charge in [0.15, 0.2) is 6.61 Å². The smallest absolute Gasteiger partial charge is 0.200 e. The Morgan fingerprint density at radius 1 is 1.00 bits per heavy atom. The number of ketones is 1. The van der Waals surface area contributed by atoms with Crippen LogP contribution in [0.1, 0.15) is 32.6 Å². The molecule has 0 aliphatic heterocycles. The van der Waals surface area contributed by atoms with Crippen molar-refractivity contribution in [3.8, 4) is 5.75 Å². The highest BCUT2D eigenvalue weighted by Gasteiger charge is 2.14. The first-order valence-corrected chi connectivity index (χ1v) is 7.68. The molecule has 0 bridgehead atoms. The first-order chi connectivity index (χ1) is 9.88. The fourth-order valence-electron chi connectivity index (χ4n) is 2.61. The second-order valence-corrected chi connectivity index (χ2v) is 6.31. The van der Waals surface area contributed by atoms with E-state index in [2.05, 4.69) is 15.9 Å². The Balaban J connectivity index is 2.16. The fraction of sp³-hybridized carbons (Fsp3) is 0.278. The van der Waals surface area contributed by atoms with Gasteiger partial charge >= 0.3 is 0 Å². The predicted octanol–water partition coefficient (Wildman–Crippen LogP) is 4.94. The Hall–Kier alpha value is -1.61. The van der Waals surface area contributed by atoms with Crippen molar-refractivity contribution < 1.29 is 9.53 Å². The summed E-state index contributed by atoms with van der Waals surface area (Å²) in [4.78, 5) is 12.4. The highest BCUT2D eigenvalue weighted by Crippen LogP contribution is 2.23. The van der Waals surface area contributed by atoms with Crippen LogP contribution >= 0.6 is 15.9 Å². The molecule has 3 heteroatoms. The summed E-state index contributed by atoms with van der Waals surface area (Å²) in [6.07, 6.45) is 0. The lowest BCUT2D eigenvalue weighted by molar-refractivity contribution is 0.0920. The van der Waals surface area contributed by atoms with Gasteiger partial charge in [-0.1, -0.05) is 33.6 Å². The molecule has 2 aromatic rings. The quantitative estimate of drug-likeness (QED) is 0.732. The van der Waals surface area contributed by atoms with Crippen LogP contribution < -0.4 is 4.74 Å². The molecule has 0 aromatic heterocycles. The molecule has 0 radical (unpaired) electrons. The molecule has 0 aliphatic rings. The number of hydrogen-bond donors (Lipinski definition) is 0. The van der Waals surface area contributed by atoms with Crippen LogP contribution in [0.3, 0.4) is 0 Å². The van der Waals surface area contributed by atoms with E-state index in [4.69, 9.17) is 4.74 Å². The maximum atomic E-state index is 12.4. The van der Waals surface area contributed by atoms with E-state index < -0.39 is 0 Å². The number of carbonyl (C=O) groups is 1. The average molecular weight is 347 g/mol. The second kappa shape index (κ2) is 6.44. The largest absolute Gasteiger partial charge is 0.485 e. The highest BCUT2D eigenvalue weighted by atomic mass is 79.9. The molecular weight excluding hydrogens is 328 g/mol. The van der Waals surface area contributed by atoms with Gasteiger partial charge in [-0.05, 0) is 62.6 Å². The van der Waals surface area contributed by atoms with Gasteiger partial charge in [-0.2, -0.15) is 0 Å². The lowest BCUT2D eigenvalue weighted by Gasteiger charge is -2.12. The topological polar surface area (TPSA) is 26.3 Å². The monoisotopic (exact) mass is 346 g/mol. The minimum atomic E-state index is 0.0207. The van der Waals surface area contributed by atoms with Crippen LogP contribution in [0.2, 0.25) is 0 Å². The summed E-state index contributed by atoms with van der Waals surface area (Å²) in [5.41, 5.74) is 4.97. The van der Waals surface area contributed by atoms with Crippen LogP contribution in [0, 0.1) is 27.7 Å². The number of benzene rings is 2. The molecule has 0 heterocycles. The van der Waals surface area contributed by atoms with Gasteiger partial charge in [-0.3, -0.25) is 4.79 Å². The van der Waals surface area contributed by atoms with Crippen LogP contribution in [0.25, 0.3) is 0 Å². The van der Waals surface area contributed by atoms with Crippen molar-refractivity contribution in [2.24, 2.45) is 0 Å². The molecule has 21 heavy (non-hydrogen) atoms. The number of carbonyl (C=O) groups excluding carboxylic acids is 1. The number of Topliss-reactive ketones (excluding diaryl/α,β-unsaturated/α-hetero) is 1. The zero-order valence-corrected chi connectivity index (χ0v) is 14.4. The predicted molar refractivity (Wildman–Crippen MR) is 89.4 cm³/mol. The van der Waals surface area contributed by atoms with Gasteiger partial charge in [0.2, 0.25) is 5.78 Å². The van der Waals surface area contributed by atoms with E-state index in [0.717, 1.165) is 32.5 Å². The molecule has 0 atom stereocenters. The molecule has 0 N–H and O–H groups in total.